The van der Waals surface area contributed by atoms with Crippen LogP contribution in [0.15, 0.2) is 103 Å². The Morgan fingerprint density at radius 1 is 0.676 bits per heavy atom. The Labute approximate surface area is 221 Å². The first-order valence-electron chi connectivity index (χ1n) is 13.4. The van der Waals surface area contributed by atoms with Gasteiger partial charge in [0.15, 0.2) is 13.2 Å². The van der Waals surface area contributed by atoms with Gasteiger partial charge in [-0.25, -0.2) is 0 Å². The lowest BCUT2D eigenvalue weighted by Gasteiger charge is -2.22. The smallest absolute Gasteiger partial charge is 0.128 e. The summed E-state index contributed by atoms with van der Waals surface area (Å²) >= 11 is 0. The molecule has 0 atom stereocenters. The van der Waals surface area contributed by atoms with Crippen molar-refractivity contribution in [3.63, 3.8) is 0 Å². The van der Waals surface area contributed by atoms with Crippen molar-refractivity contribution in [2.75, 3.05) is 0 Å². The van der Waals surface area contributed by atoms with Crippen molar-refractivity contribution in [1.82, 2.24) is 4.68 Å². The summed E-state index contributed by atoms with van der Waals surface area (Å²) in [7, 11) is 2.08. The molecule has 0 fully saturated rings. The average molecular weight is 486 g/mol. The SMILES string of the molecule is CC.Cc1cc2c(cc1-n1ccc[n+]1C)C(C)(C)c1ccccc1-2.c1ccc2c(c1)Cc1ccccc1-2. The van der Waals surface area contributed by atoms with Crippen molar-refractivity contribution < 1.29 is 4.68 Å². The van der Waals surface area contributed by atoms with Crippen LogP contribution in [0.1, 0.15) is 55.5 Å². The molecule has 1 heterocycles. The van der Waals surface area contributed by atoms with E-state index in [2.05, 4.69) is 141 Å². The van der Waals surface area contributed by atoms with Crippen molar-refractivity contribution in [3.05, 3.63) is 131 Å². The maximum Gasteiger partial charge on any atom is 0.195 e. The molecule has 0 saturated heterocycles. The van der Waals surface area contributed by atoms with Crippen molar-refractivity contribution >= 4 is 0 Å². The zero-order chi connectivity index (χ0) is 26.2. The van der Waals surface area contributed by atoms with Gasteiger partial charge in [-0.05, 0) is 75.5 Å². The van der Waals surface area contributed by atoms with Crippen LogP contribution in [0.3, 0.4) is 0 Å². The number of aryl methyl sites for hydroxylation is 2. The molecule has 186 valence electrons. The maximum absolute atomic E-state index is 2.37. The normalized spacial score (nSPS) is 13.2. The minimum atomic E-state index is 0.0557. The van der Waals surface area contributed by atoms with E-state index in [9.17, 15) is 0 Å². The summed E-state index contributed by atoms with van der Waals surface area (Å²) in [6.07, 6.45) is 5.29. The molecule has 0 radical (unpaired) electrons. The third-order valence-corrected chi connectivity index (χ3v) is 7.72. The summed E-state index contributed by atoms with van der Waals surface area (Å²) in [5.74, 6) is 0. The van der Waals surface area contributed by atoms with Gasteiger partial charge in [-0.15, -0.1) is 9.36 Å². The summed E-state index contributed by atoms with van der Waals surface area (Å²) in [5, 5.41) is 0. The van der Waals surface area contributed by atoms with Crippen LogP contribution in [0.4, 0.5) is 0 Å². The summed E-state index contributed by atoms with van der Waals surface area (Å²) in [4.78, 5) is 0. The predicted octanol–water partition coefficient (Wildman–Crippen LogP) is 8.20. The highest BCUT2D eigenvalue weighted by Gasteiger charge is 2.36. The Morgan fingerprint density at radius 2 is 1.24 bits per heavy atom. The van der Waals surface area contributed by atoms with Gasteiger partial charge in [-0.3, -0.25) is 0 Å². The molecular formula is C35H37N2+. The number of hydrogen-bond acceptors (Lipinski definition) is 0. The minimum Gasteiger partial charge on any atom is -0.128 e. The van der Waals surface area contributed by atoms with Gasteiger partial charge in [0.05, 0.1) is 6.20 Å². The second-order valence-electron chi connectivity index (χ2n) is 10.3. The molecule has 5 aromatic rings. The predicted molar refractivity (Wildman–Crippen MR) is 155 cm³/mol. The first-order chi connectivity index (χ1) is 17.9. The molecule has 0 bridgehead atoms. The van der Waals surface area contributed by atoms with Gasteiger partial charge in [-0.2, -0.15) is 0 Å². The van der Waals surface area contributed by atoms with Crippen molar-refractivity contribution in [2.24, 2.45) is 7.05 Å². The van der Waals surface area contributed by atoms with Crippen LogP contribution in [0.2, 0.25) is 0 Å². The largest absolute Gasteiger partial charge is 0.195 e. The van der Waals surface area contributed by atoms with Crippen LogP contribution in [0.5, 0.6) is 0 Å². The van der Waals surface area contributed by atoms with Crippen molar-refractivity contribution in [3.8, 4) is 27.9 Å². The molecule has 1 aromatic heterocycles. The van der Waals surface area contributed by atoms with E-state index in [4.69, 9.17) is 0 Å². The molecule has 7 rings (SSSR count). The van der Waals surface area contributed by atoms with Crippen molar-refractivity contribution in [1.29, 1.82) is 0 Å². The molecule has 0 unspecified atom stereocenters. The lowest BCUT2D eigenvalue weighted by molar-refractivity contribution is -0.744. The van der Waals surface area contributed by atoms with Gasteiger partial charge < -0.3 is 0 Å². The molecule has 2 aliphatic rings. The molecule has 2 nitrogen and oxygen atoms in total. The van der Waals surface area contributed by atoms with E-state index in [1.54, 1.807) is 0 Å². The Bertz CT molecular complexity index is 1520. The molecule has 4 aromatic carbocycles. The molecule has 2 aliphatic carbocycles. The zero-order valence-corrected chi connectivity index (χ0v) is 22.9. The molecule has 0 amide bonds. The first kappa shape index (κ1) is 24.8. The molecule has 0 spiro atoms. The highest BCUT2D eigenvalue weighted by atomic mass is 15.4. The number of nitrogens with zero attached hydrogens (tertiary/aromatic N) is 2. The summed E-state index contributed by atoms with van der Waals surface area (Å²) in [5.41, 5.74) is 14.0. The van der Waals surface area contributed by atoms with Crippen LogP contribution in [-0.2, 0) is 18.9 Å². The summed E-state index contributed by atoms with van der Waals surface area (Å²) in [6, 6.07) is 32.9. The Kier molecular flexibility index (Phi) is 6.60. The van der Waals surface area contributed by atoms with Gasteiger partial charge in [0.2, 0.25) is 0 Å². The molecular weight excluding hydrogens is 448 g/mol. The van der Waals surface area contributed by atoms with E-state index in [0.29, 0.717) is 0 Å². The van der Waals surface area contributed by atoms with E-state index in [1.165, 1.54) is 55.8 Å². The van der Waals surface area contributed by atoms with Crippen LogP contribution >= 0.6 is 0 Å². The summed E-state index contributed by atoms with van der Waals surface area (Å²) in [6.45, 7) is 10.8. The fraction of sp³-hybridized carbons (Fsp3) is 0.229. The van der Waals surface area contributed by atoms with E-state index in [-0.39, 0.29) is 5.41 Å². The molecule has 0 N–H and O–H groups in total. The van der Waals surface area contributed by atoms with Gasteiger partial charge in [0.25, 0.3) is 0 Å². The van der Waals surface area contributed by atoms with Gasteiger partial charge >= 0.3 is 0 Å². The first-order valence-corrected chi connectivity index (χ1v) is 13.4. The van der Waals surface area contributed by atoms with Crippen LogP contribution in [0.25, 0.3) is 27.9 Å². The minimum absolute atomic E-state index is 0.0557. The standard InChI is InChI=1S/C20H21N2.C13H10.C2H6/c1-14-12-16-15-8-5-6-9-17(15)20(2,3)18(16)13-19(14)22-11-7-10-21(22)4;1-3-7-12-10(5-1)9-11-6-2-4-8-13(11)12;1-2/h5-13H,1-4H3;1-8H,9H2;1-2H3/q+1;;. The summed E-state index contributed by atoms with van der Waals surface area (Å²) < 4.78 is 4.32. The van der Waals surface area contributed by atoms with Gasteiger partial charge in [0.1, 0.15) is 5.69 Å². The average Bonchev–Trinajstić information content (AvgIpc) is 3.58. The van der Waals surface area contributed by atoms with Crippen LogP contribution < -0.4 is 4.68 Å². The number of hydrogen-bond donors (Lipinski definition) is 0. The van der Waals surface area contributed by atoms with E-state index >= 15 is 0 Å². The quantitative estimate of drug-likeness (QED) is 0.208. The zero-order valence-electron chi connectivity index (χ0n) is 22.9. The second kappa shape index (κ2) is 9.86. The molecule has 0 saturated carbocycles. The van der Waals surface area contributed by atoms with Crippen LogP contribution in [0, 0.1) is 6.92 Å². The maximum atomic E-state index is 2.37. The third kappa shape index (κ3) is 4.21. The van der Waals surface area contributed by atoms with Gasteiger partial charge in [-0.1, -0.05) is 100 Å². The number of rotatable bonds is 1. The molecule has 2 heteroatoms. The van der Waals surface area contributed by atoms with Gasteiger partial charge in [0, 0.05) is 11.5 Å². The number of fused-ring (bicyclic) bond motifs is 6. The Balaban J connectivity index is 0.000000159. The Hall–Kier alpha value is -3.91. The molecule has 37 heavy (non-hydrogen) atoms. The van der Waals surface area contributed by atoms with Crippen LogP contribution in [-0.4, -0.2) is 4.68 Å². The molecule has 0 aliphatic heterocycles. The monoisotopic (exact) mass is 485 g/mol. The fourth-order valence-electron chi connectivity index (χ4n) is 5.84. The van der Waals surface area contributed by atoms with E-state index < -0.39 is 0 Å². The van der Waals surface area contributed by atoms with E-state index in [0.717, 1.165) is 6.42 Å². The third-order valence-electron chi connectivity index (χ3n) is 7.72. The highest BCUT2D eigenvalue weighted by Crippen LogP contribution is 2.49. The van der Waals surface area contributed by atoms with Crippen molar-refractivity contribution in [2.45, 2.75) is 46.5 Å². The Morgan fingerprint density at radius 3 is 1.84 bits per heavy atom. The number of benzene rings is 4. The lowest BCUT2D eigenvalue weighted by Crippen LogP contribution is -2.37. The number of aromatic nitrogens is 2. The second-order valence-corrected chi connectivity index (χ2v) is 10.3. The lowest BCUT2D eigenvalue weighted by atomic mass is 9.82. The van der Waals surface area contributed by atoms with E-state index in [1.807, 2.05) is 13.8 Å². The highest BCUT2D eigenvalue weighted by molar-refractivity contribution is 5.82. The topological polar surface area (TPSA) is 8.81 Å². The fourth-order valence-corrected chi connectivity index (χ4v) is 5.84.